The molecule has 0 amide bonds. The van der Waals surface area contributed by atoms with Gasteiger partial charge in [-0.2, -0.15) is 0 Å². The monoisotopic (exact) mass is 129 g/mol. The highest BCUT2D eigenvalue weighted by Crippen LogP contribution is 2.43. The molecule has 0 aromatic rings. The van der Waals surface area contributed by atoms with Crippen LogP contribution in [-0.4, -0.2) is 37.3 Å². The molecule has 0 spiro atoms. The highest BCUT2D eigenvalue weighted by Gasteiger charge is 2.43. The van der Waals surface area contributed by atoms with Crippen LogP contribution in [0.25, 0.3) is 0 Å². The molecule has 1 aliphatic heterocycles. The molecule has 1 N–H and O–H groups in total. The first-order chi connectivity index (χ1) is 4.36. The van der Waals surface area contributed by atoms with Gasteiger partial charge in [0, 0.05) is 20.2 Å². The summed E-state index contributed by atoms with van der Waals surface area (Å²) < 4.78 is 0. The summed E-state index contributed by atoms with van der Waals surface area (Å²) in [6, 6.07) is 0. The molecule has 2 unspecified atom stereocenters. The van der Waals surface area contributed by atoms with E-state index in [-0.39, 0.29) is 0 Å². The van der Waals surface area contributed by atoms with Crippen LogP contribution in [0.5, 0.6) is 0 Å². The predicted molar refractivity (Wildman–Crippen MR) is 37.2 cm³/mol. The van der Waals surface area contributed by atoms with Crippen LogP contribution in [-0.2, 0) is 0 Å². The molecule has 54 valence electrons. The second-order valence-corrected chi connectivity index (χ2v) is 2.98. The smallest absolute Gasteiger partial charge is 0.0319 e. The van der Waals surface area contributed by atoms with Crippen molar-refractivity contribution in [1.29, 1.82) is 0 Å². The number of likely N-dealkylation sites (tertiary alicyclic amines) is 1. The minimum absolute atomic E-state index is 1.00. The largest absolute Gasteiger partial charge is 0.400 e. The Morgan fingerprint density at radius 3 is 1.89 bits per heavy atom. The predicted octanol–water partition coefficient (Wildman–Crippen LogP) is 0.176. The molecule has 2 aliphatic rings. The van der Waals surface area contributed by atoms with Crippen LogP contribution in [0.4, 0.5) is 0 Å². The van der Waals surface area contributed by atoms with Crippen molar-refractivity contribution in [2.75, 3.05) is 27.2 Å². The molecular formula is C7H15NO. The van der Waals surface area contributed by atoms with E-state index in [0.717, 1.165) is 18.9 Å². The molecule has 0 radical (unpaired) electrons. The lowest BCUT2D eigenvalue weighted by atomic mass is 10.4. The summed E-state index contributed by atoms with van der Waals surface area (Å²) in [5.41, 5.74) is 0. The first-order valence-electron chi connectivity index (χ1n) is 3.49. The molecule has 0 bridgehead atoms. The van der Waals surface area contributed by atoms with Gasteiger partial charge in [0.1, 0.15) is 0 Å². The number of rotatable bonds is 0. The van der Waals surface area contributed by atoms with Crippen LogP contribution in [0.3, 0.4) is 0 Å². The Hall–Kier alpha value is -0.0800. The Labute approximate surface area is 56.5 Å². The number of hydrogen-bond acceptors (Lipinski definition) is 2. The van der Waals surface area contributed by atoms with E-state index in [2.05, 4.69) is 11.9 Å². The average molecular weight is 129 g/mol. The maximum absolute atomic E-state index is 7.00. The number of fused-ring (bicyclic) bond motifs is 1. The molecule has 9 heavy (non-hydrogen) atoms. The van der Waals surface area contributed by atoms with Gasteiger partial charge in [0.25, 0.3) is 0 Å². The summed E-state index contributed by atoms with van der Waals surface area (Å²) in [4.78, 5) is 2.43. The van der Waals surface area contributed by atoms with E-state index >= 15 is 0 Å². The van der Waals surface area contributed by atoms with E-state index in [0.29, 0.717) is 0 Å². The molecule has 2 atom stereocenters. The van der Waals surface area contributed by atoms with Crippen molar-refractivity contribution in [3.05, 3.63) is 0 Å². The highest BCUT2D eigenvalue weighted by atomic mass is 16.2. The summed E-state index contributed by atoms with van der Waals surface area (Å²) in [6.07, 6.45) is 1.53. The molecule has 2 rings (SSSR count). The van der Waals surface area contributed by atoms with Crippen LogP contribution in [0, 0.1) is 11.8 Å². The van der Waals surface area contributed by atoms with Crippen molar-refractivity contribution in [3.63, 3.8) is 0 Å². The summed E-state index contributed by atoms with van der Waals surface area (Å²) in [6.45, 7) is 2.76. The van der Waals surface area contributed by atoms with Crippen molar-refractivity contribution >= 4 is 0 Å². The van der Waals surface area contributed by atoms with Gasteiger partial charge in [-0.25, -0.2) is 0 Å². The summed E-state index contributed by atoms with van der Waals surface area (Å²) in [5, 5.41) is 7.00. The topological polar surface area (TPSA) is 23.5 Å². The summed E-state index contributed by atoms with van der Waals surface area (Å²) in [5.74, 6) is 2.23. The van der Waals surface area contributed by atoms with E-state index < -0.39 is 0 Å². The second kappa shape index (κ2) is 2.67. The molecule has 0 aromatic heterocycles. The Kier molecular flexibility index (Phi) is 2.09. The van der Waals surface area contributed by atoms with Crippen LogP contribution < -0.4 is 0 Å². The second-order valence-electron chi connectivity index (χ2n) is 2.98. The van der Waals surface area contributed by atoms with Gasteiger partial charge in [-0.1, -0.05) is 0 Å². The van der Waals surface area contributed by atoms with Crippen LogP contribution >= 0.6 is 0 Å². The minimum atomic E-state index is 1.00. The van der Waals surface area contributed by atoms with Gasteiger partial charge < -0.3 is 10.0 Å². The van der Waals surface area contributed by atoms with Gasteiger partial charge >= 0.3 is 0 Å². The van der Waals surface area contributed by atoms with E-state index in [1.54, 1.807) is 0 Å². The Bertz CT molecular complexity index is 84.9. The lowest BCUT2D eigenvalue weighted by molar-refractivity contribution is 0.373. The molecular weight excluding hydrogens is 114 g/mol. The number of aliphatic hydroxyl groups is 1. The lowest BCUT2D eigenvalue weighted by Crippen LogP contribution is -2.15. The standard InChI is InChI=1S/C6H11N.CH4O/c1-7-3-5-2-6(5)4-7;1-2/h5-6H,2-4H2,1H3;2H,1H3. The fourth-order valence-electron chi connectivity index (χ4n) is 1.63. The van der Waals surface area contributed by atoms with Gasteiger partial charge in [-0.05, 0) is 25.3 Å². The van der Waals surface area contributed by atoms with E-state index in [9.17, 15) is 0 Å². The minimum Gasteiger partial charge on any atom is -0.400 e. The summed E-state index contributed by atoms with van der Waals surface area (Å²) >= 11 is 0. The Morgan fingerprint density at radius 1 is 1.22 bits per heavy atom. The third kappa shape index (κ3) is 1.43. The first kappa shape index (κ1) is 7.03. The van der Waals surface area contributed by atoms with Gasteiger partial charge in [-0.15, -0.1) is 0 Å². The number of piperidine rings is 1. The van der Waals surface area contributed by atoms with Gasteiger partial charge in [0.05, 0.1) is 0 Å². The molecule has 1 saturated heterocycles. The van der Waals surface area contributed by atoms with Crippen LogP contribution in [0.15, 0.2) is 0 Å². The molecule has 2 heteroatoms. The molecule has 2 nitrogen and oxygen atoms in total. The number of hydrogen-bond donors (Lipinski definition) is 1. The first-order valence-corrected chi connectivity index (χ1v) is 3.49. The molecule has 0 aromatic carbocycles. The van der Waals surface area contributed by atoms with Gasteiger partial charge in [-0.3, -0.25) is 0 Å². The molecule has 1 saturated carbocycles. The SMILES string of the molecule is CN1CC2CC2C1.CO. The normalized spacial score (nSPS) is 39.0. The molecule has 1 aliphatic carbocycles. The average Bonchev–Trinajstić information content (AvgIpc) is 2.46. The van der Waals surface area contributed by atoms with Crippen molar-refractivity contribution in [1.82, 2.24) is 4.90 Å². The van der Waals surface area contributed by atoms with Crippen molar-refractivity contribution in [2.45, 2.75) is 6.42 Å². The fraction of sp³-hybridized carbons (Fsp3) is 1.00. The highest BCUT2D eigenvalue weighted by molar-refractivity contribution is 4.95. The van der Waals surface area contributed by atoms with E-state index in [1.165, 1.54) is 19.5 Å². The van der Waals surface area contributed by atoms with Crippen LogP contribution in [0.2, 0.25) is 0 Å². The maximum Gasteiger partial charge on any atom is 0.0319 e. The zero-order chi connectivity index (χ0) is 6.85. The quantitative estimate of drug-likeness (QED) is 0.504. The lowest BCUT2D eigenvalue weighted by Gasteiger charge is -2.06. The zero-order valence-corrected chi connectivity index (χ0v) is 6.17. The third-order valence-corrected chi connectivity index (χ3v) is 2.16. The fourth-order valence-corrected chi connectivity index (χ4v) is 1.63. The van der Waals surface area contributed by atoms with E-state index in [4.69, 9.17) is 5.11 Å². The zero-order valence-electron chi connectivity index (χ0n) is 6.17. The molecule has 1 heterocycles. The van der Waals surface area contributed by atoms with Crippen molar-refractivity contribution in [3.8, 4) is 0 Å². The molecule has 2 fully saturated rings. The van der Waals surface area contributed by atoms with Gasteiger partial charge in [0.2, 0.25) is 0 Å². The number of nitrogens with zero attached hydrogens (tertiary/aromatic N) is 1. The van der Waals surface area contributed by atoms with Crippen molar-refractivity contribution in [2.24, 2.45) is 11.8 Å². The van der Waals surface area contributed by atoms with Gasteiger partial charge in [0.15, 0.2) is 0 Å². The summed E-state index contributed by atoms with van der Waals surface area (Å²) in [7, 11) is 3.21. The third-order valence-electron chi connectivity index (χ3n) is 2.16. The number of aliphatic hydroxyl groups excluding tert-OH is 1. The van der Waals surface area contributed by atoms with Crippen LogP contribution in [0.1, 0.15) is 6.42 Å². The Balaban J connectivity index is 0.000000186. The van der Waals surface area contributed by atoms with Crippen molar-refractivity contribution < 1.29 is 5.11 Å². The Morgan fingerprint density at radius 2 is 1.67 bits per heavy atom. The van der Waals surface area contributed by atoms with E-state index in [1.807, 2.05) is 0 Å². The maximum atomic E-state index is 7.00.